The minimum absolute atomic E-state index is 0.410. The Balaban J connectivity index is 2.17. The van der Waals surface area contributed by atoms with Crippen LogP contribution >= 0.6 is 0 Å². The standard InChI is InChI=1S/C16H28N4O/c1-5-14-18-15(17-6-2)12(4)16(19-14)20-10-8-13(9-11-20)21-7-3/h13H,5-11H2,1-4H3,(H,17,18,19). The molecule has 0 aromatic carbocycles. The summed E-state index contributed by atoms with van der Waals surface area (Å²) in [6.07, 6.45) is 3.43. The number of ether oxygens (including phenoxy) is 1. The second-order valence-corrected chi connectivity index (χ2v) is 5.46. The van der Waals surface area contributed by atoms with Crippen molar-refractivity contribution in [2.45, 2.75) is 53.1 Å². The van der Waals surface area contributed by atoms with Crippen LogP contribution in [0, 0.1) is 6.92 Å². The van der Waals surface area contributed by atoms with Crippen molar-refractivity contribution in [2.75, 3.05) is 36.5 Å². The molecule has 2 heterocycles. The number of hydrogen-bond acceptors (Lipinski definition) is 5. The molecule has 118 valence electrons. The maximum absolute atomic E-state index is 5.73. The first kappa shape index (κ1) is 16.0. The van der Waals surface area contributed by atoms with E-state index < -0.39 is 0 Å². The van der Waals surface area contributed by atoms with Crippen molar-refractivity contribution in [3.05, 3.63) is 11.4 Å². The Labute approximate surface area is 128 Å². The van der Waals surface area contributed by atoms with Crippen molar-refractivity contribution in [3.8, 4) is 0 Å². The van der Waals surface area contributed by atoms with E-state index in [2.05, 4.69) is 42.9 Å². The Kier molecular flexibility index (Phi) is 5.79. The number of aryl methyl sites for hydroxylation is 1. The van der Waals surface area contributed by atoms with Crippen LogP contribution in [0.2, 0.25) is 0 Å². The Morgan fingerprint density at radius 3 is 2.48 bits per heavy atom. The molecule has 1 aromatic rings. The number of hydrogen-bond donors (Lipinski definition) is 1. The molecule has 5 nitrogen and oxygen atoms in total. The van der Waals surface area contributed by atoms with Crippen LogP contribution in [-0.2, 0) is 11.2 Å². The van der Waals surface area contributed by atoms with Crippen molar-refractivity contribution in [2.24, 2.45) is 0 Å². The molecule has 21 heavy (non-hydrogen) atoms. The molecular formula is C16H28N4O. The highest BCUT2D eigenvalue weighted by molar-refractivity contribution is 5.58. The highest BCUT2D eigenvalue weighted by Gasteiger charge is 2.23. The molecule has 1 fully saturated rings. The summed E-state index contributed by atoms with van der Waals surface area (Å²) in [7, 11) is 0. The third-order valence-corrected chi connectivity index (χ3v) is 3.97. The van der Waals surface area contributed by atoms with Gasteiger partial charge in [-0.3, -0.25) is 0 Å². The highest BCUT2D eigenvalue weighted by Crippen LogP contribution is 2.27. The predicted molar refractivity (Wildman–Crippen MR) is 87.2 cm³/mol. The molecule has 0 bridgehead atoms. The summed E-state index contributed by atoms with van der Waals surface area (Å²) in [5, 5.41) is 3.36. The van der Waals surface area contributed by atoms with Gasteiger partial charge in [-0.1, -0.05) is 6.92 Å². The number of piperidine rings is 1. The number of aromatic nitrogens is 2. The van der Waals surface area contributed by atoms with Gasteiger partial charge in [-0.15, -0.1) is 0 Å². The first-order valence-electron chi connectivity index (χ1n) is 8.17. The second kappa shape index (κ2) is 7.59. The normalized spacial score (nSPS) is 16.3. The van der Waals surface area contributed by atoms with E-state index in [-0.39, 0.29) is 0 Å². The maximum atomic E-state index is 5.73. The van der Waals surface area contributed by atoms with E-state index in [4.69, 9.17) is 9.72 Å². The van der Waals surface area contributed by atoms with Gasteiger partial charge in [0.15, 0.2) is 0 Å². The molecule has 0 aliphatic carbocycles. The number of rotatable bonds is 6. The second-order valence-electron chi connectivity index (χ2n) is 5.46. The molecular weight excluding hydrogens is 264 g/mol. The third-order valence-electron chi connectivity index (χ3n) is 3.97. The molecule has 0 amide bonds. The quantitative estimate of drug-likeness (QED) is 0.873. The van der Waals surface area contributed by atoms with Gasteiger partial charge in [-0.25, -0.2) is 9.97 Å². The van der Waals surface area contributed by atoms with E-state index in [9.17, 15) is 0 Å². The molecule has 0 spiro atoms. The van der Waals surface area contributed by atoms with Crippen LogP contribution in [0.5, 0.6) is 0 Å². The lowest BCUT2D eigenvalue weighted by atomic mass is 10.1. The lowest BCUT2D eigenvalue weighted by Crippen LogP contribution is -2.38. The van der Waals surface area contributed by atoms with E-state index in [0.29, 0.717) is 6.10 Å². The summed E-state index contributed by atoms with van der Waals surface area (Å²) < 4.78 is 5.73. The molecule has 2 rings (SSSR count). The summed E-state index contributed by atoms with van der Waals surface area (Å²) in [6.45, 7) is 12.1. The number of anilines is 2. The summed E-state index contributed by atoms with van der Waals surface area (Å²) in [5.74, 6) is 2.98. The van der Waals surface area contributed by atoms with Gasteiger partial charge in [0.05, 0.1) is 6.10 Å². The number of nitrogens with zero attached hydrogens (tertiary/aromatic N) is 3. The topological polar surface area (TPSA) is 50.3 Å². The van der Waals surface area contributed by atoms with Gasteiger partial charge < -0.3 is 15.0 Å². The van der Waals surface area contributed by atoms with Crippen molar-refractivity contribution in [3.63, 3.8) is 0 Å². The fourth-order valence-electron chi connectivity index (χ4n) is 2.83. The van der Waals surface area contributed by atoms with Crippen LogP contribution in [0.3, 0.4) is 0 Å². The van der Waals surface area contributed by atoms with E-state index >= 15 is 0 Å². The molecule has 0 unspecified atom stereocenters. The molecule has 1 aromatic heterocycles. The molecule has 5 heteroatoms. The lowest BCUT2D eigenvalue weighted by Gasteiger charge is -2.33. The Hall–Kier alpha value is -1.36. The Morgan fingerprint density at radius 1 is 1.19 bits per heavy atom. The summed E-state index contributed by atoms with van der Waals surface area (Å²) in [6, 6.07) is 0. The molecule has 0 saturated carbocycles. The fourth-order valence-corrected chi connectivity index (χ4v) is 2.83. The Bertz CT molecular complexity index is 456. The fraction of sp³-hybridized carbons (Fsp3) is 0.750. The lowest BCUT2D eigenvalue weighted by molar-refractivity contribution is 0.0458. The van der Waals surface area contributed by atoms with Gasteiger partial charge in [0, 0.05) is 38.2 Å². The number of nitrogens with one attached hydrogen (secondary N) is 1. The monoisotopic (exact) mass is 292 g/mol. The first-order chi connectivity index (χ1) is 10.2. The van der Waals surface area contributed by atoms with E-state index in [1.54, 1.807) is 0 Å². The van der Waals surface area contributed by atoms with Gasteiger partial charge in [-0.2, -0.15) is 0 Å². The van der Waals surface area contributed by atoms with E-state index in [0.717, 1.165) is 68.5 Å². The van der Waals surface area contributed by atoms with Gasteiger partial charge in [-0.05, 0) is 33.6 Å². The van der Waals surface area contributed by atoms with Crippen LogP contribution in [0.4, 0.5) is 11.6 Å². The first-order valence-corrected chi connectivity index (χ1v) is 8.17. The average molecular weight is 292 g/mol. The van der Waals surface area contributed by atoms with Crippen LogP contribution in [0.15, 0.2) is 0 Å². The smallest absolute Gasteiger partial charge is 0.137 e. The zero-order valence-corrected chi connectivity index (χ0v) is 13.8. The highest BCUT2D eigenvalue weighted by atomic mass is 16.5. The summed E-state index contributed by atoms with van der Waals surface area (Å²) in [4.78, 5) is 11.8. The van der Waals surface area contributed by atoms with E-state index in [1.807, 2.05) is 0 Å². The summed E-state index contributed by atoms with van der Waals surface area (Å²) >= 11 is 0. The van der Waals surface area contributed by atoms with Crippen molar-refractivity contribution < 1.29 is 4.74 Å². The minimum atomic E-state index is 0.410. The van der Waals surface area contributed by atoms with Crippen LogP contribution in [0.1, 0.15) is 45.0 Å². The van der Waals surface area contributed by atoms with E-state index in [1.165, 1.54) is 0 Å². The predicted octanol–water partition coefficient (Wildman–Crippen LogP) is 2.78. The molecule has 0 radical (unpaired) electrons. The molecule has 1 N–H and O–H groups in total. The van der Waals surface area contributed by atoms with Gasteiger partial charge in [0.1, 0.15) is 17.5 Å². The molecule has 0 atom stereocenters. The molecule has 1 aliphatic heterocycles. The van der Waals surface area contributed by atoms with Crippen molar-refractivity contribution >= 4 is 11.6 Å². The van der Waals surface area contributed by atoms with Crippen LogP contribution < -0.4 is 10.2 Å². The van der Waals surface area contributed by atoms with Crippen molar-refractivity contribution in [1.82, 2.24) is 9.97 Å². The summed E-state index contributed by atoms with van der Waals surface area (Å²) in [5.41, 5.74) is 1.16. The SMILES string of the molecule is CCNc1nc(CC)nc(N2CCC(OCC)CC2)c1C. The maximum Gasteiger partial charge on any atom is 0.137 e. The van der Waals surface area contributed by atoms with Gasteiger partial charge >= 0.3 is 0 Å². The van der Waals surface area contributed by atoms with Gasteiger partial charge in [0.25, 0.3) is 0 Å². The third kappa shape index (κ3) is 3.84. The molecule has 1 saturated heterocycles. The van der Waals surface area contributed by atoms with Crippen molar-refractivity contribution in [1.29, 1.82) is 0 Å². The zero-order chi connectivity index (χ0) is 15.2. The Morgan fingerprint density at radius 2 is 1.90 bits per heavy atom. The van der Waals surface area contributed by atoms with Crippen LogP contribution in [-0.4, -0.2) is 42.3 Å². The molecule has 1 aliphatic rings. The van der Waals surface area contributed by atoms with Gasteiger partial charge in [0.2, 0.25) is 0 Å². The van der Waals surface area contributed by atoms with Crippen LogP contribution in [0.25, 0.3) is 0 Å². The minimum Gasteiger partial charge on any atom is -0.378 e. The largest absolute Gasteiger partial charge is 0.378 e. The average Bonchev–Trinajstić information content (AvgIpc) is 2.51. The zero-order valence-electron chi connectivity index (χ0n) is 13.8.